The van der Waals surface area contributed by atoms with Crippen molar-refractivity contribution in [2.24, 2.45) is 5.41 Å². The first-order valence-corrected chi connectivity index (χ1v) is 7.09. The second-order valence-electron chi connectivity index (χ2n) is 5.95. The van der Waals surface area contributed by atoms with Crippen LogP contribution in [0.4, 0.5) is 0 Å². The van der Waals surface area contributed by atoms with E-state index in [1.54, 1.807) is 0 Å². The molecule has 1 aliphatic heterocycles. The van der Waals surface area contributed by atoms with Crippen LogP contribution in [0.5, 0.6) is 0 Å². The lowest BCUT2D eigenvalue weighted by molar-refractivity contribution is -0.131. The average molecular weight is 260 g/mol. The highest BCUT2D eigenvalue weighted by Crippen LogP contribution is 2.26. The standard InChI is InChI=1S/C16H24N2O/c1-12-5-7-14(8-6-12)13(2)18-15(19)16(3)9-4-10-17-11-16/h5-8,13,17H,4,9-11H2,1-3H3,(H,18,19)/t13-,16?/m1/s1. The molecule has 1 heterocycles. The minimum absolute atomic E-state index is 0.0619. The second-order valence-corrected chi connectivity index (χ2v) is 5.95. The highest BCUT2D eigenvalue weighted by molar-refractivity contribution is 5.83. The van der Waals surface area contributed by atoms with Crippen LogP contribution in [0.25, 0.3) is 0 Å². The molecule has 1 unspecified atom stereocenters. The molecule has 19 heavy (non-hydrogen) atoms. The number of piperidine rings is 1. The fraction of sp³-hybridized carbons (Fsp3) is 0.562. The maximum atomic E-state index is 12.4. The highest BCUT2D eigenvalue weighted by atomic mass is 16.2. The number of hydrogen-bond donors (Lipinski definition) is 2. The van der Waals surface area contributed by atoms with Crippen molar-refractivity contribution in [3.05, 3.63) is 35.4 Å². The minimum Gasteiger partial charge on any atom is -0.349 e. The van der Waals surface area contributed by atoms with Gasteiger partial charge in [0.2, 0.25) is 5.91 Å². The Hall–Kier alpha value is -1.35. The summed E-state index contributed by atoms with van der Waals surface area (Å²) in [6.07, 6.45) is 2.04. The van der Waals surface area contributed by atoms with E-state index in [1.807, 2.05) is 6.92 Å². The van der Waals surface area contributed by atoms with Crippen LogP contribution in [0.15, 0.2) is 24.3 Å². The topological polar surface area (TPSA) is 41.1 Å². The zero-order chi connectivity index (χ0) is 13.9. The third-order valence-electron chi connectivity index (χ3n) is 4.07. The van der Waals surface area contributed by atoms with Crippen LogP contribution in [0.2, 0.25) is 0 Å². The zero-order valence-corrected chi connectivity index (χ0v) is 12.1. The number of hydrogen-bond acceptors (Lipinski definition) is 2. The molecular formula is C16H24N2O. The molecule has 0 saturated carbocycles. The molecular weight excluding hydrogens is 236 g/mol. The Morgan fingerprint density at radius 3 is 2.63 bits per heavy atom. The maximum Gasteiger partial charge on any atom is 0.227 e. The number of aryl methyl sites for hydroxylation is 1. The van der Waals surface area contributed by atoms with E-state index in [-0.39, 0.29) is 17.4 Å². The molecule has 3 heteroatoms. The predicted molar refractivity (Wildman–Crippen MR) is 77.9 cm³/mol. The molecule has 3 nitrogen and oxygen atoms in total. The molecule has 1 fully saturated rings. The Kier molecular flexibility index (Phi) is 4.25. The Balaban J connectivity index is 2.00. The lowest BCUT2D eigenvalue weighted by Gasteiger charge is -2.33. The van der Waals surface area contributed by atoms with Crippen LogP contribution >= 0.6 is 0 Å². The van der Waals surface area contributed by atoms with Crippen molar-refractivity contribution in [2.75, 3.05) is 13.1 Å². The van der Waals surface area contributed by atoms with E-state index in [4.69, 9.17) is 0 Å². The monoisotopic (exact) mass is 260 g/mol. The summed E-state index contributed by atoms with van der Waals surface area (Å²) in [5.74, 6) is 0.160. The van der Waals surface area contributed by atoms with Crippen molar-refractivity contribution in [2.45, 2.75) is 39.7 Å². The Morgan fingerprint density at radius 2 is 2.05 bits per heavy atom. The van der Waals surface area contributed by atoms with Gasteiger partial charge < -0.3 is 10.6 Å². The van der Waals surface area contributed by atoms with Crippen molar-refractivity contribution in [1.82, 2.24) is 10.6 Å². The fourth-order valence-corrected chi connectivity index (χ4v) is 2.56. The molecule has 0 radical (unpaired) electrons. The first kappa shape index (κ1) is 14.1. The van der Waals surface area contributed by atoms with Gasteiger partial charge in [-0.1, -0.05) is 29.8 Å². The van der Waals surface area contributed by atoms with Crippen LogP contribution < -0.4 is 10.6 Å². The number of nitrogens with one attached hydrogen (secondary N) is 2. The summed E-state index contributed by atoms with van der Waals surface area (Å²) in [5.41, 5.74) is 2.13. The number of benzene rings is 1. The van der Waals surface area contributed by atoms with Gasteiger partial charge in [-0.15, -0.1) is 0 Å². The average Bonchev–Trinajstić information content (AvgIpc) is 2.40. The summed E-state index contributed by atoms with van der Waals surface area (Å²) in [6, 6.07) is 8.40. The van der Waals surface area contributed by atoms with Gasteiger partial charge in [0.15, 0.2) is 0 Å². The van der Waals surface area contributed by atoms with Gasteiger partial charge in [-0.25, -0.2) is 0 Å². The van der Waals surface area contributed by atoms with E-state index in [0.29, 0.717) is 0 Å². The van der Waals surface area contributed by atoms with Crippen molar-refractivity contribution in [1.29, 1.82) is 0 Å². The van der Waals surface area contributed by atoms with Crippen molar-refractivity contribution >= 4 is 5.91 Å². The summed E-state index contributed by atoms with van der Waals surface area (Å²) >= 11 is 0. The minimum atomic E-state index is -0.267. The Labute approximate surface area is 115 Å². The van der Waals surface area contributed by atoms with Gasteiger partial charge in [0, 0.05) is 6.54 Å². The molecule has 1 saturated heterocycles. The van der Waals surface area contributed by atoms with E-state index < -0.39 is 0 Å². The van der Waals surface area contributed by atoms with Gasteiger partial charge in [0.05, 0.1) is 11.5 Å². The molecule has 0 aliphatic carbocycles. The molecule has 1 aromatic carbocycles. The number of amides is 1. The van der Waals surface area contributed by atoms with Gasteiger partial charge in [-0.3, -0.25) is 4.79 Å². The van der Waals surface area contributed by atoms with Gasteiger partial charge >= 0.3 is 0 Å². The van der Waals surface area contributed by atoms with Gasteiger partial charge in [-0.05, 0) is 45.7 Å². The first-order valence-electron chi connectivity index (χ1n) is 7.09. The van der Waals surface area contributed by atoms with Crippen LogP contribution in [-0.4, -0.2) is 19.0 Å². The third-order valence-corrected chi connectivity index (χ3v) is 4.07. The van der Waals surface area contributed by atoms with E-state index in [9.17, 15) is 4.79 Å². The molecule has 0 bridgehead atoms. The normalized spacial score (nSPS) is 24.8. The quantitative estimate of drug-likeness (QED) is 0.877. The molecule has 1 aliphatic rings. The lowest BCUT2D eigenvalue weighted by atomic mass is 9.81. The third kappa shape index (κ3) is 3.35. The molecule has 2 atom stereocenters. The van der Waals surface area contributed by atoms with Crippen LogP contribution in [0, 0.1) is 12.3 Å². The Bertz CT molecular complexity index is 433. The maximum absolute atomic E-state index is 12.4. The summed E-state index contributed by atoms with van der Waals surface area (Å²) in [7, 11) is 0. The molecule has 2 rings (SSSR count). The first-order chi connectivity index (χ1) is 9.01. The highest BCUT2D eigenvalue weighted by Gasteiger charge is 2.35. The van der Waals surface area contributed by atoms with Crippen molar-refractivity contribution in [3.8, 4) is 0 Å². The number of rotatable bonds is 3. The largest absolute Gasteiger partial charge is 0.349 e. The smallest absolute Gasteiger partial charge is 0.227 e. The lowest BCUT2D eigenvalue weighted by Crippen LogP contribution is -2.49. The van der Waals surface area contributed by atoms with E-state index in [2.05, 4.69) is 48.7 Å². The predicted octanol–water partition coefficient (Wildman–Crippen LogP) is 2.56. The molecule has 1 amide bonds. The van der Waals surface area contributed by atoms with E-state index in [1.165, 1.54) is 5.56 Å². The van der Waals surface area contributed by atoms with Gasteiger partial charge in [0.25, 0.3) is 0 Å². The van der Waals surface area contributed by atoms with Crippen molar-refractivity contribution in [3.63, 3.8) is 0 Å². The number of carbonyl (C=O) groups excluding carboxylic acids is 1. The van der Waals surface area contributed by atoms with Gasteiger partial charge in [0.1, 0.15) is 0 Å². The van der Waals surface area contributed by atoms with Crippen molar-refractivity contribution < 1.29 is 4.79 Å². The fourth-order valence-electron chi connectivity index (χ4n) is 2.56. The number of carbonyl (C=O) groups is 1. The SMILES string of the molecule is Cc1ccc([C@@H](C)NC(=O)C2(C)CCCNC2)cc1. The van der Waals surface area contributed by atoms with Crippen LogP contribution in [0.1, 0.15) is 43.9 Å². The molecule has 2 N–H and O–H groups in total. The zero-order valence-electron chi connectivity index (χ0n) is 12.1. The van der Waals surface area contributed by atoms with Crippen LogP contribution in [0.3, 0.4) is 0 Å². The van der Waals surface area contributed by atoms with E-state index in [0.717, 1.165) is 31.5 Å². The summed E-state index contributed by atoms with van der Waals surface area (Å²) in [4.78, 5) is 12.4. The van der Waals surface area contributed by atoms with Gasteiger partial charge in [-0.2, -0.15) is 0 Å². The Morgan fingerprint density at radius 1 is 1.37 bits per heavy atom. The molecule has 0 spiro atoms. The van der Waals surface area contributed by atoms with E-state index >= 15 is 0 Å². The summed E-state index contributed by atoms with van der Waals surface area (Å²) < 4.78 is 0. The molecule has 0 aromatic heterocycles. The molecule has 104 valence electrons. The summed E-state index contributed by atoms with van der Waals surface area (Å²) in [5, 5.41) is 6.46. The molecule has 1 aromatic rings. The second kappa shape index (κ2) is 5.74. The summed E-state index contributed by atoms with van der Waals surface area (Å²) in [6.45, 7) is 7.97. The van der Waals surface area contributed by atoms with Crippen LogP contribution in [-0.2, 0) is 4.79 Å².